The first kappa shape index (κ1) is 13.7. The second-order valence-corrected chi connectivity index (χ2v) is 5.65. The van der Waals surface area contributed by atoms with Crippen molar-refractivity contribution in [1.29, 1.82) is 0 Å². The van der Waals surface area contributed by atoms with E-state index in [4.69, 9.17) is 4.74 Å². The molecule has 108 valence electrons. The maximum atomic E-state index is 11.8. The van der Waals surface area contributed by atoms with Crippen molar-refractivity contribution in [3.8, 4) is 0 Å². The van der Waals surface area contributed by atoms with Gasteiger partial charge in [-0.25, -0.2) is 4.98 Å². The summed E-state index contributed by atoms with van der Waals surface area (Å²) in [4.78, 5) is 16.3. The molecule has 0 radical (unpaired) electrons. The number of tetrazole rings is 1. The van der Waals surface area contributed by atoms with E-state index in [2.05, 4.69) is 20.5 Å². The van der Waals surface area contributed by atoms with Crippen LogP contribution in [0, 0.1) is 0 Å². The van der Waals surface area contributed by atoms with Crippen LogP contribution in [0.1, 0.15) is 13.8 Å². The Morgan fingerprint density at radius 2 is 2.24 bits per heavy atom. The maximum Gasteiger partial charge on any atom is 0.319 e. The summed E-state index contributed by atoms with van der Waals surface area (Å²) < 4.78 is 6.55. The molecule has 3 aromatic rings. The van der Waals surface area contributed by atoms with Crippen LogP contribution in [0.5, 0.6) is 0 Å². The molecule has 0 aliphatic heterocycles. The van der Waals surface area contributed by atoms with Gasteiger partial charge in [0, 0.05) is 5.39 Å². The zero-order chi connectivity index (χ0) is 14.8. The highest BCUT2D eigenvalue weighted by molar-refractivity contribution is 8.00. The van der Waals surface area contributed by atoms with Crippen molar-refractivity contribution in [3.05, 3.63) is 24.3 Å². The first-order valence-corrected chi connectivity index (χ1v) is 7.38. The molecular formula is C13H13N5O2S. The SMILES string of the molecule is CCOC(=O)[C@@H](C)Sc1nc2ccccc2c2nnnn12. The van der Waals surface area contributed by atoms with Gasteiger partial charge in [-0.2, -0.15) is 4.52 Å². The van der Waals surface area contributed by atoms with Gasteiger partial charge in [-0.05, 0) is 36.4 Å². The van der Waals surface area contributed by atoms with Crippen molar-refractivity contribution in [2.75, 3.05) is 6.61 Å². The predicted octanol–water partition coefficient (Wildman–Crippen LogP) is 1.72. The quantitative estimate of drug-likeness (QED) is 0.412. The van der Waals surface area contributed by atoms with E-state index < -0.39 is 0 Å². The third kappa shape index (κ3) is 2.54. The lowest BCUT2D eigenvalue weighted by Crippen LogP contribution is -2.17. The summed E-state index contributed by atoms with van der Waals surface area (Å²) in [6.45, 7) is 3.91. The molecule has 0 N–H and O–H groups in total. The Labute approximate surface area is 124 Å². The van der Waals surface area contributed by atoms with Crippen LogP contribution in [0.3, 0.4) is 0 Å². The molecule has 21 heavy (non-hydrogen) atoms. The Hall–Kier alpha value is -2.22. The topological polar surface area (TPSA) is 82.3 Å². The van der Waals surface area contributed by atoms with Gasteiger partial charge in [0.2, 0.25) is 0 Å². The summed E-state index contributed by atoms with van der Waals surface area (Å²) in [6.07, 6.45) is 0. The lowest BCUT2D eigenvalue weighted by atomic mass is 10.2. The Morgan fingerprint density at radius 1 is 1.43 bits per heavy atom. The fourth-order valence-corrected chi connectivity index (χ4v) is 2.79. The Morgan fingerprint density at radius 3 is 3.05 bits per heavy atom. The standard InChI is InChI=1S/C13H13N5O2S/c1-3-20-12(19)8(2)21-13-14-10-7-5-4-6-9(10)11-15-16-17-18(11)13/h4-8H,3H2,1-2H3/t8-/m1/s1. The van der Waals surface area contributed by atoms with Gasteiger partial charge in [0.1, 0.15) is 5.25 Å². The minimum Gasteiger partial charge on any atom is -0.465 e. The van der Waals surface area contributed by atoms with Crippen molar-refractivity contribution >= 4 is 34.3 Å². The van der Waals surface area contributed by atoms with Gasteiger partial charge >= 0.3 is 5.97 Å². The van der Waals surface area contributed by atoms with Crippen LogP contribution in [0.25, 0.3) is 16.6 Å². The van der Waals surface area contributed by atoms with E-state index >= 15 is 0 Å². The number of benzene rings is 1. The molecule has 0 saturated heterocycles. The molecule has 0 fully saturated rings. The molecule has 1 atom stereocenters. The van der Waals surface area contributed by atoms with Crippen molar-refractivity contribution in [2.24, 2.45) is 0 Å². The first-order chi connectivity index (χ1) is 10.2. The summed E-state index contributed by atoms with van der Waals surface area (Å²) in [5.41, 5.74) is 1.41. The minimum absolute atomic E-state index is 0.279. The minimum atomic E-state index is -0.383. The fourth-order valence-electron chi connectivity index (χ4n) is 1.94. The van der Waals surface area contributed by atoms with Crippen molar-refractivity contribution in [3.63, 3.8) is 0 Å². The average molecular weight is 303 g/mol. The second-order valence-electron chi connectivity index (χ2n) is 4.34. The summed E-state index contributed by atoms with van der Waals surface area (Å²) in [7, 11) is 0. The molecule has 0 amide bonds. The van der Waals surface area contributed by atoms with Gasteiger partial charge in [0.15, 0.2) is 10.8 Å². The number of carbonyl (C=O) groups excluding carboxylic acids is 1. The molecule has 0 aliphatic carbocycles. The molecular weight excluding hydrogens is 290 g/mol. The average Bonchev–Trinajstić information content (AvgIpc) is 2.97. The summed E-state index contributed by atoms with van der Waals surface area (Å²) in [6, 6.07) is 7.62. The number of esters is 1. The van der Waals surface area contributed by atoms with E-state index in [0.29, 0.717) is 17.4 Å². The summed E-state index contributed by atoms with van der Waals surface area (Å²) in [5.74, 6) is -0.279. The lowest BCUT2D eigenvalue weighted by Gasteiger charge is -2.10. The number of aromatic nitrogens is 5. The lowest BCUT2D eigenvalue weighted by molar-refractivity contribution is -0.142. The number of thioether (sulfide) groups is 1. The Balaban J connectivity index is 2.04. The van der Waals surface area contributed by atoms with Crippen molar-refractivity contribution in [1.82, 2.24) is 25.0 Å². The largest absolute Gasteiger partial charge is 0.465 e. The molecule has 0 bridgehead atoms. The van der Waals surface area contributed by atoms with Crippen LogP contribution in [-0.4, -0.2) is 42.9 Å². The molecule has 1 aromatic carbocycles. The van der Waals surface area contributed by atoms with Gasteiger partial charge in [0.25, 0.3) is 0 Å². The molecule has 7 nitrogen and oxygen atoms in total. The highest BCUT2D eigenvalue weighted by atomic mass is 32.2. The van der Waals surface area contributed by atoms with Gasteiger partial charge in [-0.1, -0.05) is 23.9 Å². The normalized spacial score (nSPS) is 12.7. The zero-order valence-electron chi connectivity index (χ0n) is 11.6. The second kappa shape index (κ2) is 5.65. The molecule has 2 heterocycles. The van der Waals surface area contributed by atoms with E-state index in [0.717, 1.165) is 10.9 Å². The first-order valence-electron chi connectivity index (χ1n) is 6.51. The third-order valence-electron chi connectivity index (χ3n) is 2.91. The van der Waals surface area contributed by atoms with E-state index in [-0.39, 0.29) is 11.2 Å². The number of para-hydroxylation sites is 1. The molecule has 0 aliphatic rings. The highest BCUT2D eigenvalue weighted by Crippen LogP contribution is 2.26. The molecule has 0 saturated carbocycles. The van der Waals surface area contributed by atoms with E-state index in [9.17, 15) is 4.79 Å². The molecule has 8 heteroatoms. The number of rotatable bonds is 4. The zero-order valence-corrected chi connectivity index (χ0v) is 12.4. The number of fused-ring (bicyclic) bond motifs is 3. The summed E-state index contributed by atoms with van der Waals surface area (Å²) >= 11 is 1.28. The molecule has 0 unspecified atom stereocenters. The maximum absolute atomic E-state index is 11.8. The van der Waals surface area contributed by atoms with Gasteiger partial charge in [-0.3, -0.25) is 4.79 Å². The van der Waals surface area contributed by atoms with E-state index in [1.54, 1.807) is 18.4 Å². The van der Waals surface area contributed by atoms with Gasteiger partial charge in [0.05, 0.1) is 12.1 Å². The monoisotopic (exact) mass is 303 g/mol. The van der Waals surface area contributed by atoms with Crippen LogP contribution < -0.4 is 0 Å². The number of ether oxygens (including phenoxy) is 1. The van der Waals surface area contributed by atoms with Crippen LogP contribution in [-0.2, 0) is 9.53 Å². The third-order valence-corrected chi connectivity index (χ3v) is 3.93. The molecule has 2 aromatic heterocycles. The number of hydrogen-bond acceptors (Lipinski definition) is 7. The molecule has 0 spiro atoms. The molecule has 3 rings (SSSR count). The van der Waals surface area contributed by atoms with Crippen molar-refractivity contribution in [2.45, 2.75) is 24.3 Å². The predicted molar refractivity (Wildman–Crippen MR) is 78.0 cm³/mol. The number of hydrogen-bond donors (Lipinski definition) is 0. The summed E-state index contributed by atoms with van der Waals surface area (Å²) in [5, 5.41) is 12.7. The highest BCUT2D eigenvalue weighted by Gasteiger charge is 2.20. The Kier molecular flexibility index (Phi) is 3.70. The van der Waals surface area contributed by atoms with Gasteiger partial charge in [-0.15, -0.1) is 5.10 Å². The van der Waals surface area contributed by atoms with Crippen molar-refractivity contribution < 1.29 is 9.53 Å². The van der Waals surface area contributed by atoms with Gasteiger partial charge < -0.3 is 4.74 Å². The van der Waals surface area contributed by atoms with Crippen LogP contribution in [0.15, 0.2) is 29.4 Å². The number of carbonyl (C=O) groups is 1. The van der Waals surface area contributed by atoms with E-state index in [1.807, 2.05) is 24.3 Å². The van der Waals surface area contributed by atoms with Crippen LogP contribution >= 0.6 is 11.8 Å². The van der Waals surface area contributed by atoms with Crippen LogP contribution in [0.4, 0.5) is 0 Å². The fraction of sp³-hybridized carbons (Fsp3) is 0.308. The van der Waals surface area contributed by atoms with E-state index in [1.165, 1.54) is 11.8 Å². The van der Waals surface area contributed by atoms with Crippen LogP contribution in [0.2, 0.25) is 0 Å². The Bertz CT molecular complexity index is 803. The smallest absolute Gasteiger partial charge is 0.319 e. The number of nitrogens with zero attached hydrogens (tertiary/aromatic N) is 5.